The molecule has 2 aliphatic heterocycles. The van der Waals surface area contributed by atoms with E-state index < -0.39 is 10.0 Å². The molecule has 0 aliphatic carbocycles. The van der Waals surface area contributed by atoms with Gasteiger partial charge in [-0.05, 0) is 43.0 Å². The van der Waals surface area contributed by atoms with Crippen molar-refractivity contribution < 1.29 is 13.2 Å². The SMILES string of the molecule is COc1ccc(S(=O)(=O)N2CCC3(CCNC3)C2)cc1Cl.Cl. The minimum Gasteiger partial charge on any atom is -0.495 e. The molecule has 1 atom stereocenters. The van der Waals surface area contributed by atoms with Gasteiger partial charge in [-0.1, -0.05) is 11.6 Å². The molecule has 0 saturated carbocycles. The summed E-state index contributed by atoms with van der Waals surface area (Å²) in [5.41, 5.74) is 0.114. The van der Waals surface area contributed by atoms with Gasteiger partial charge in [0.2, 0.25) is 10.0 Å². The van der Waals surface area contributed by atoms with Crippen molar-refractivity contribution in [2.45, 2.75) is 17.7 Å². The molecule has 3 rings (SSSR count). The predicted octanol–water partition coefficient (Wildman–Crippen LogP) is 2.14. The monoisotopic (exact) mass is 366 g/mol. The highest BCUT2D eigenvalue weighted by molar-refractivity contribution is 7.89. The van der Waals surface area contributed by atoms with E-state index in [-0.39, 0.29) is 22.7 Å². The number of methoxy groups -OCH3 is 1. The Kier molecular flexibility index (Phi) is 5.29. The number of ether oxygens (including phenoxy) is 1. The second kappa shape index (κ2) is 6.53. The average Bonchev–Trinajstić information content (AvgIpc) is 3.10. The first-order chi connectivity index (χ1) is 9.97. The van der Waals surface area contributed by atoms with Gasteiger partial charge in [0.15, 0.2) is 0 Å². The molecule has 0 bridgehead atoms. The first-order valence-electron chi connectivity index (χ1n) is 7.01. The second-order valence-corrected chi connectivity index (χ2v) is 8.16. The van der Waals surface area contributed by atoms with E-state index in [2.05, 4.69) is 5.32 Å². The van der Waals surface area contributed by atoms with Crippen LogP contribution in [0.3, 0.4) is 0 Å². The van der Waals surface area contributed by atoms with E-state index in [0.717, 1.165) is 25.9 Å². The lowest BCUT2D eigenvalue weighted by molar-refractivity contribution is 0.338. The largest absolute Gasteiger partial charge is 0.495 e. The van der Waals surface area contributed by atoms with Gasteiger partial charge in [0, 0.05) is 19.6 Å². The molecule has 2 aliphatic rings. The van der Waals surface area contributed by atoms with Gasteiger partial charge >= 0.3 is 0 Å². The van der Waals surface area contributed by atoms with Crippen molar-refractivity contribution in [2.75, 3.05) is 33.3 Å². The van der Waals surface area contributed by atoms with Gasteiger partial charge in [-0.15, -0.1) is 12.4 Å². The fraction of sp³-hybridized carbons (Fsp3) is 0.571. The van der Waals surface area contributed by atoms with Crippen LogP contribution in [0.1, 0.15) is 12.8 Å². The Hall–Kier alpha value is -0.530. The van der Waals surface area contributed by atoms with E-state index >= 15 is 0 Å². The van der Waals surface area contributed by atoms with Crippen LogP contribution < -0.4 is 10.1 Å². The highest BCUT2D eigenvalue weighted by Gasteiger charge is 2.44. The molecule has 1 aromatic carbocycles. The molecule has 0 radical (unpaired) electrons. The number of nitrogens with zero attached hydrogens (tertiary/aromatic N) is 1. The van der Waals surface area contributed by atoms with Gasteiger partial charge in [-0.25, -0.2) is 8.42 Å². The van der Waals surface area contributed by atoms with Crippen LogP contribution in [0.15, 0.2) is 23.1 Å². The summed E-state index contributed by atoms with van der Waals surface area (Å²) in [5.74, 6) is 0.480. The summed E-state index contributed by atoms with van der Waals surface area (Å²) in [7, 11) is -1.98. The quantitative estimate of drug-likeness (QED) is 0.890. The summed E-state index contributed by atoms with van der Waals surface area (Å²) in [6.45, 7) is 3.05. The molecule has 1 aromatic rings. The van der Waals surface area contributed by atoms with Gasteiger partial charge in [0.1, 0.15) is 5.75 Å². The van der Waals surface area contributed by atoms with E-state index in [1.807, 2.05) is 0 Å². The molecule has 2 heterocycles. The minimum atomic E-state index is -3.48. The van der Waals surface area contributed by atoms with Crippen molar-refractivity contribution in [1.82, 2.24) is 9.62 Å². The maximum atomic E-state index is 12.7. The highest BCUT2D eigenvalue weighted by atomic mass is 35.5. The van der Waals surface area contributed by atoms with Gasteiger partial charge in [-0.2, -0.15) is 4.31 Å². The zero-order chi connectivity index (χ0) is 15.1. The predicted molar refractivity (Wildman–Crippen MR) is 88.5 cm³/mol. The van der Waals surface area contributed by atoms with Crippen LogP contribution >= 0.6 is 24.0 Å². The summed E-state index contributed by atoms with van der Waals surface area (Å²) in [4.78, 5) is 0.233. The number of hydrogen-bond donors (Lipinski definition) is 1. The molecule has 5 nitrogen and oxygen atoms in total. The Bertz CT molecular complexity index is 645. The number of halogens is 2. The third-order valence-corrected chi connectivity index (χ3v) is 6.63. The van der Waals surface area contributed by atoms with Crippen molar-refractivity contribution in [2.24, 2.45) is 5.41 Å². The first-order valence-corrected chi connectivity index (χ1v) is 8.83. The first kappa shape index (κ1) is 17.8. The average molecular weight is 367 g/mol. The Balaban J connectivity index is 0.00000176. The van der Waals surface area contributed by atoms with Crippen molar-refractivity contribution in [1.29, 1.82) is 0 Å². The molecule has 8 heteroatoms. The van der Waals surface area contributed by atoms with E-state index in [0.29, 0.717) is 23.9 Å². The van der Waals surface area contributed by atoms with Crippen LogP contribution in [0.25, 0.3) is 0 Å². The lowest BCUT2D eigenvalue weighted by atomic mass is 9.87. The smallest absolute Gasteiger partial charge is 0.243 e. The standard InChI is InChI=1S/C14H19ClN2O3S.ClH/c1-20-13-3-2-11(8-12(13)15)21(18,19)17-7-5-14(10-17)4-6-16-9-14;/h2-3,8,16H,4-7,9-10H2,1H3;1H. The number of hydrogen-bond acceptors (Lipinski definition) is 4. The molecule has 124 valence electrons. The second-order valence-electron chi connectivity index (χ2n) is 5.81. The van der Waals surface area contributed by atoms with Gasteiger partial charge < -0.3 is 10.1 Å². The maximum Gasteiger partial charge on any atom is 0.243 e. The molecular weight excluding hydrogens is 347 g/mol. The molecule has 1 N–H and O–H groups in total. The van der Waals surface area contributed by atoms with Crippen LogP contribution in [0.4, 0.5) is 0 Å². The molecule has 2 saturated heterocycles. The molecule has 1 spiro atoms. The van der Waals surface area contributed by atoms with Crippen LogP contribution in [0, 0.1) is 5.41 Å². The lowest BCUT2D eigenvalue weighted by Crippen LogP contribution is -2.33. The van der Waals surface area contributed by atoms with Crippen molar-refractivity contribution in [3.8, 4) is 5.75 Å². The molecule has 0 amide bonds. The summed E-state index contributed by atoms with van der Waals surface area (Å²) < 4.78 is 32.1. The Morgan fingerprint density at radius 2 is 2.14 bits per heavy atom. The normalized spacial score (nSPS) is 25.4. The topological polar surface area (TPSA) is 58.6 Å². The van der Waals surface area contributed by atoms with Gasteiger partial charge in [-0.3, -0.25) is 0 Å². The van der Waals surface area contributed by atoms with Crippen molar-refractivity contribution in [3.05, 3.63) is 23.2 Å². The van der Waals surface area contributed by atoms with Crippen LogP contribution in [-0.4, -0.2) is 46.0 Å². The Morgan fingerprint density at radius 1 is 1.36 bits per heavy atom. The number of benzene rings is 1. The van der Waals surface area contributed by atoms with E-state index in [4.69, 9.17) is 16.3 Å². The minimum absolute atomic E-state index is 0. The molecule has 22 heavy (non-hydrogen) atoms. The number of sulfonamides is 1. The van der Waals surface area contributed by atoms with Crippen molar-refractivity contribution >= 4 is 34.0 Å². The zero-order valence-corrected chi connectivity index (χ0v) is 14.7. The van der Waals surface area contributed by atoms with Gasteiger partial charge in [0.05, 0.1) is 17.0 Å². The van der Waals surface area contributed by atoms with Crippen LogP contribution in [0.5, 0.6) is 5.75 Å². The fourth-order valence-corrected chi connectivity index (χ4v) is 5.10. The fourth-order valence-electron chi connectivity index (χ4n) is 3.20. The van der Waals surface area contributed by atoms with Crippen LogP contribution in [0.2, 0.25) is 5.02 Å². The maximum absolute atomic E-state index is 12.7. The summed E-state index contributed by atoms with van der Waals surface area (Å²) in [6.07, 6.45) is 1.96. The number of nitrogens with one attached hydrogen (secondary N) is 1. The van der Waals surface area contributed by atoms with E-state index in [1.54, 1.807) is 16.4 Å². The summed E-state index contributed by atoms with van der Waals surface area (Å²) in [6, 6.07) is 4.61. The van der Waals surface area contributed by atoms with E-state index in [1.165, 1.54) is 13.2 Å². The third-order valence-electron chi connectivity index (χ3n) is 4.50. The molecular formula is C14H20Cl2N2O3S. The molecule has 2 fully saturated rings. The van der Waals surface area contributed by atoms with Crippen LogP contribution in [-0.2, 0) is 10.0 Å². The summed E-state index contributed by atoms with van der Waals surface area (Å²) >= 11 is 6.04. The van der Waals surface area contributed by atoms with Crippen molar-refractivity contribution in [3.63, 3.8) is 0 Å². The Morgan fingerprint density at radius 3 is 2.73 bits per heavy atom. The lowest BCUT2D eigenvalue weighted by Gasteiger charge is -2.22. The summed E-state index contributed by atoms with van der Waals surface area (Å²) in [5, 5.41) is 3.65. The number of rotatable bonds is 3. The molecule has 1 unspecified atom stereocenters. The zero-order valence-electron chi connectivity index (χ0n) is 12.3. The molecule has 0 aromatic heterocycles. The van der Waals surface area contributed by atoms with Gasteiger partial charge in [0.25, 0.3) is 0 Å². The Labute approximate surface area is 142 Å². The van der Waals surface area contributed by atoms with E-state index in [9.17, 15) is 8.42 Å². The third kappa shape index (κ3) is 3.08. The highest BCUT2D eigenvalue weighted by Crippen LogP contribution is 2.39.